The van der Waals surface area contributed by atoms with Crippen LogP contribution in [-0.2, 0) is 4.79 Å². The average molecular weight is 212 g/mol. The lowest BCUT2D eigenvalue weighted by atomic mass is 10.0. The number of rotatable bonds is 3. The quantitative estimate of drug-likeness (QED) is 0.479. The van der Waals surface area contributed by atoms with Gasteiger partial charge in [-0.15, -0.1) is 0 Å². The fraction of sp³-hybridized carbons (Fsp3) is 0.600. The zero-order valence-electron chi connectivity index (χ0n) is 8.96. The highest BCUT2D eigenvalue weighted by molar-refractivity contribution is 5.96. The first-order valence-corrected chi connectivity index (χ1v) is 4.89. The highest BCUT2D eigenvalue weighted by atomic mass is 16.4. The molecule has 3 N–H and O–H groups in total. The van der Waals surface area contributed by atoms with Crippen molar-refractivity contribution in [2.45, 2.75) is 32.2 Å². The van der Waals surface area contributed by atoms with Gasteiger partial charge in [0, 0.05) is 24.1 Å². The molecule has 0 aromatic rings. The largest absolute Gasteiger partial charge is 0.465 e. The number of carbonyl (C=O) groups excluding carboxylic acids is 1. The van der Waals surface area contributed by atoms with Crippen molar-refractivity contribution in [1.82, 2.24) is 10.6 Å². The molecule has 0 bridgehead atoms. The molecule has 1 rings (SSSR count). The van der Waals surface area contributed by atoms with Gasteiger partial charge in [0.25, 0.3) is 0 Å². The first-order valence-electron chi connectivity index (χ1n) is 4.89. The highest BCUT2D eigenvalue weighted by Crippen LogP contribution is 2.23. The summed E-state index contributed by atoms with van der Waals surface area (Å²) < 4.78 is 0. The van der Waals surface area contributed by atoms with Crippen molar-refractivity contribution >= 4 is 12.0 Å². The molecule has 0 saturated carbocycles. The molecule has 0 aliphatic carbocycles. The standard InChI is InChI=1S/C10H16N2O3/c1-10(2)6-7(8(13)12-10)4-3-5-11-9(14)15/h4,11H,3,5-6H2,1-2H3,(H,12,13)(H,14,15)/b7-4-. The summed E-state index contributed by atoms with van der Waals surface area (Å²) in [6.45, 7) is 4.26. The molecule has 0 atom stereocenters. The van der Waals surface area contributed by atoms with E-state index in [2.05, 4.69) is 10.6 Å². The van der Waals surface area contributed by atoms with E-state index < -0.39 is 6.09 Å². The third-order valence-corrected chi connectivity index (χ3v) is 2.19. The lowest BCUT2D eigenvalue weighted by molar-refractivity contribution is -0.116. The van der Waals surface area contributed by atoms with Crippen LogP contribution in [0, 0.1) is 0 Å². The Morgan fingerprint density at radius 1 is 1.67 bits per heavy atom. The second kappa shape index (κ2) is 4.33. The molecule has 1 aliphatic rings. The van der Waals surface area contributed by atoms with Crippen LogP contribution in [0.15, 0.2) is 11.6 Å². The van der Waals surface area contributed by atoms with Crippen LogP contribution in [0.5, 0.6) is 0 Å². The molecular weight excluding hydrogens is 196 g/mol. The monoisotopic (exact) mass is 212 g/mol. The first-order chi connectivity index (χ1) is 6.91. The lowest BCUT2D eigenvalue weighted by Gasteiger charge is -2.15. The molecule has 15 heavy (non-hydrogen) atoms. The van der Waals surface area contributed by atoms with Gasteiger partial charge in [0.05, 0.1) is 0 Å². The zero-order chi connectivity index (χ0) is 11.5. The van der Waals surface area contributed by atoms with Gasteiger partial charge in [0.1, 0.15) is 0 Å². The van der Waals surface area contributed by atoms with Gasteiger partial charge in [0.2, 0.25) is 5.91 Å². The number of hydrogen-bond acceptors (Lipinski definition) is 2. The number of carboxylic acid groups (broad SMARTS) is 1. The van der Waals surface area contributed by atoms with Crippen molar-refractivity contribution < 1.29 is 14.7 Å². The Kier molecular flexibility index (Phi) is 3.34. The molecule has 0 aromatic carbocycles. The van der Waals surface area contributed by atoms with Gasteiger partial charge < -0.3 is 15.7 Å². The van der Waals surface area contributed by atoms with Crippen molar-refractivity contribution in [1.29, 1.82) is 0 Å². The molecule has 0 radical (unpaired) electrons. The summed E-state index contributed by atoms with van der Waals surface area (Å²) in [5, 5.41) is 13.4. The molecule has 84 valence electrons. The maximum absolute atomic E-state index is 11.4. The van der Waals surface area contributed by atoms with E-state index in [1.54, 1.807) is 6.08 Å². The van der Waals surface area contributed by atoms with Crippen LogP contribution in [0.25, 0.3) is 0 Å². The molecule has 0 aromatic heterocycles. The Balaban J connectivity index is 2.41. The summed E-state index contributed by atoms with van der Waals surface area (Å²) in [6, 6.07) is 0. The molecule has 0 spiro atoms. The number of carbonyl (C=O) groups is 2. The molecule has 5 heteroatoms. The number of nitrogens with one attached hydrogen (secondary N) is 2. The SMILES string of the molecule is CC1(C)C/C(=C/CCNC(=O)O)C(=O)N1. The predicted molar refractivity (Wildman–Crippen MR) is 55.6 cm³/mol. The van der Waals surface area contributed by atoms with E-state index in [0.717, 1.165) is 5.57 Å². The fourth-order valence-electron chi connectivity index (χ4n) is 1.58. The summed E-state index contributed by atoms with van der Waals surface area (Å²) in [5.41, 5.74) is 0.565. The van der Waals surface area contributed by atoms with Crippen LogP contribution in [0.4, 0.5) is 4.79 Å². The van der Waals surface area contributed by atoms with E-state index in [1.807, 2.05) is 13.8 Å². The summed E-state index contributed by atoms with van der Waals surface area (Å²) in [6.07, 6.45) is 1.99. The van der Waals surface area contributed by atoms with E-state index in [9.17, 15) is 9.59 Å². The zero-order valence-corrected chi connectivity index (χ0v) is 8.96. The first kappa shape index (κ1) is 11.6. The molecule has 5 nitrogen and oxygen atoms in total. The second-order valence-corrected chi connectivity index (χ2v) is 4.26. The maximum atomic E-state index is 11.4. The molecule has 2 amide bonds. The van der Waals surface area contributed by atoms with E-state index in [-0.39, 0.29) is 11.4 Å². The molecule has 1 saturated heterocycles. The minimum Gasteiger partial charge on any atom is -0.465 e. The summed E-state index contributed by atoms with van der Waals surface area (Å²) >= 11 is 0. The molecule has 1 fully saturated rings. The summed E-state index contributed by atoms with van der Waals surface area (Å²) in [7, 11) is 0. The van der Waals surface area contributed by atoms with Gasteiger partial charge in [0.15, 0.2) is 0 Å². The Labute approximate surface area is 88.5 Å². The van der Waals surface area contributed by atoms with Crippen LogP contribution < -0.4 is 10.6 Å². The molecule has 0 unspecified atom stereocenters. The lowest BCUT2D eigenvalue weighted by Crippen LogP contribution is -2.34. The average Bonchev–Trinajstić information content (AvgIpc) is 2.33. The van der Waals surface area contributed by atoms with Crippen molar-refractivity contribution in [2.75, 3.05) is 6.54 Å². The van der Waals surface area contributed by atoms with E-state index in [4.69, 9.17) is 5.11 Å². The van der Waals surface area contributed by atoms with Gasteiger partial charge in [-0.2, -0.15) is 0 Å². The highest BCUT2D eigenvalue weighted by Gasteiger charge is 2.31. The van der Waals surface area contributed by atoms with Gasteiger partial charge in [-0.3, -0.25) is 4.79 Å². The Morgan fingerprint density at radius 3 is 2.80 bits per heavy atom. The summed E-state index contributed by atoms with van der Waals surface area (Å²) in [4.78, 5) is 21.6. The smallest absolute Gasteiger partial charge is 0.404 e. The Morgan fingerprint density at radius 2 is 2.33 bits per heavy atom. The Hall–Kier alpha value is -1.52. The van der Waals surface area contributed by atoms with E-state index in [0.29, 0.717) is 19.4 Å². The van der Waals surface area contributed by atoms with Gasteiger partial charge in [-0.05, 0) is 20.3 Å². The van der Waals surface area contributed by atoms with Crippen molar-refractivity contribution in [2.24, 2.45) is 0 Å². The molecule has 1 aliphatic heterocycles. The minimum absolute atomic E-state index is 0.0460. The topological polar surface area (TPSA) is 78.4 Å². The maximum Gasteiger partial charge on any atom is 0.404 e. The van der Waals surface area contributed by atoms with Crippen molar-refractivity contribution in [3.8, 4) is 0 Å². The summed E-state index contributed by atoms with van der Waals surface area (Å²) in [5.74, 6) is -0.0460. The minimum atomic E-state index is -1.04. The second-order valence-electron chi connectivity index (χ2n) is 4.26. The van der Waals surface area contributed by atoms with Gasteiger partial charge in [-0.1, -0.05) is 6.08 Å². The third kappa shape index (κ3) is 3.61. The predicted octanol–water partition coefficient (Wildman–Crippen LogP) is 0.869. The Bertz CT molecular complexity index is 308. The molecular formula is C10H16N2O3. The number of hydrogen-bond donors (Lipinski definition) is 3. The number of amides is 2. The van der Waals surface area contributed by atoms with Gasteiger partial charge in [-0.25, -0.2) is 4.79 Å². The van der Waals surface area contributed by atoms with Crippen LogP contribution in [0.1, 0.15) is 26.7 Å². The van der Waals surface area contributed by atoms with Crippen LogP contribution in [0.2, 0.25) is 0 Å². The normalized spacial score (nSPS) is 21.5. The fourth-order valence-corrected chi connectivity index (χ4v) is 1.58. The van der Waals surface area contributed by atoms with Crippen molar-refractivity contribution in [3.05, 3.63) is 11.6 Å². The molecule has 1 heterocycles. The van der Waals surface area contributed by atoms with Crippen LogP contribution in [-0.4, -0.2) is 29.2 Å². The van der Waals surface area contributed by atoms with E-state index in [1.165, 1.54) is 0 Å². The van der Waals surface area contributed by atoms with Crippen LogP contribution >= 0.6 is 0 Å². The van der Waals surface area contributed by atoms with E-state index >= 15 is 0 Å². The van der Waals surface area contributed by atoms with Crippen molar-refractivity contribution in [3.63, 3.8) is 0 Å². The third-order valence-electron chi connectivity index (χ3n) is 2.19. The van der Waals surface area contributed by atoms with Gasteiger partial charge >= 0.3 is 6.09 Å². The van der Waals surface area contributed by atoms with Crippen LogP contribution in [0.3, 0.4) is 0 Å².